The quantitative estimate of drug-likeness (QED) is 0.916. The van der Waals surface area contributed by atoms with Gasteiger partial charge in [-0.15, -0.1) is 0 Å². The molecule has 0 aromatic heterocycles. The van der Waals surface area contributed by atoms with E-state index in [4.69, 9.17) is 0 Å². The minimum Gasteiger partial charge on any atom is -0.339 e. The Morgan fingerprint density at radius 3 is 2.55 bits per heavy atom. The fraction of sp³-hybridized carbons (Fsp3) is 0.533. The molecule has 0 bridgehead atoms. The molecule has 1 saturated heterocycles. The molecule has 0 aliphatic carbocycles. The Labute approximate surface area is 127 Å². The van der Waals surface area contributed by atoms with Crippen LogP contribution >= 0.6 is 0 Å². The van der Waals surface area contributed by atoms with Gasteiger partial charge in [0.1, 0.15) is 0 Å². The number of nitrogens with one attached hydrogen (secondary N) is 1. The zero-order chi connectivity index (χ0) is 16.2. The molecule has 2 rings (SSSR count). The topological polar surface area (TPSA) is 35.6 Å². The summed E-state index contributed by atoms with van der Waals surface area (Å²) in [6, 6.07) is 5.48. The predicted molar refractivity (Wildman–Crippen MR) is 77.2 cm³/mol. The van der Waals surface area contributed by atoms with Crippen molar-refractivity contribution in [3.8, 4) is 0 Å². The molecule has 0 spiro atoms. The first-order valence-electron chi connectivity index (χ1n) is 7.20. The average Bonchev–Trinajstić information content (AvgIpc) is 2.47. The zero-order valence-corrected chi connectivity index (χ0v) is 12.5. The number of nitrogens with zero attached hydrogens (tertiary/aromatic N) is 2. The molecule has 122 valence electrons. The fourth-order valence-electron chi connectivity index (χ4n) is 2.53. The van der Waals surface area contributed by atoms with Gasteiger partial charge in [0, 0.05) is 32.7 Å². The molecule has 1 fully saturated rings. The molecule has 1 amide bonds. The van der Waals surface area contributed by atoms with E-state index in [1.165, 1.54) is 12.1 Å². The number of piperazine rings is 1. The first kappa shape index (κ1) is 16.8. The lowest BCUT2D eigenvalue weighted by molar-refractivity contribution is -0.138. The average molecular weight is 315 g/mol. The predicted octanol–water partition coefficient (Wildman–Crippen LogP) is 1.57. The van der Waals surface area contributed by atoms with Crippen LogP contribution in [0.4, 0.5) is 13.2 Å². The van der Waals surface area contributed by atoms with E-state index < -0.39 is 11.7 Å². The Bertz CT molecular complexity index is 513. The first-order valence-corrected chi connectivity index (χ1v) is 7.20. The number of alkyl halides is 3. The van der Waals surface area contributed by atoms with Crippen molar-refractivity contribution in [2.45, 2.75) is 12.7 Å². The van der Waals surface area contributed by atoms with Gasteiger partial charge in [-0.2, -0.15) is 13.2 Å². The number of amides is 1. The van der Waals surface area contributed by atoms with Crippen molar-refractivity contribution in [3.05, 3.63) is 35.4 Å². The van der Waals surface area contributed by atoms with Crippen LogP contribution in [0.15, 0.2) is 24.3 Å². The summed E-state index contributed by atoms with van der Waals surface area (Å²) in [5, 5.41) is 3.15. The molecule has 22 heavy (non-hydrogen) atoms. The molecule has 0 radical (unpaired) electrons. The van der Waals surface area contributed by atoms with Crippen molar-refractivity contribution in [2.24, 2.45) is 0 Å². The standard InChI is InChI=1S/C15H20F3N3O/c1-20(11-14(22)21-8-6-19-7-9-21)10-12-4-2-3-5-13(12)15(16,17)18/h2-5,19H,6-11H2,1H3. The molecule has 7 heteroatoms. The van der Waals surface area contributed by atoms with Crippen molar-refractivity contribution in [1.82, 2.24) is 15.1 Å². The van der Waals surface area contributed by atoms with Gasteiger partial charge in [-0.1, -0.05) is 18.2 Å². The third-order valence-electron chi connectivity index (χ3n) is 3.64. The second-order valence-electron chi connectivity index (χ2n) is 5.46. The van der Waals surface area contributed by atoms with Gasteiger partial charge in [0.2, 0.25) is 5.91 Å². The second kappa shape index (κ2) is 7.11. The Kier molecular flexibility index (Phi) is 5.42. The third-order valence-corrected chi connectivity index (χ3v) is 3.64. The van der Waals surface area contributed by atoms with Crippen molar-refractivity contribution in [2.75, 3.05) is 39.8 Å². The highest BCUT2D eigenvalue weighted by atomic mass is 19.4. The molecule has 1 aromatic carbocycles. The van der Waals surface area contributed by atoms with E-state index in [0.29, 0.717) is 13.1 Å². The summed E-state index contributed by atoms with van der Waals surface area (Å²) in [6.45, 7) is 3.01. The number of carbonyl (C=O) groups is 1. The number of likely N-dealkylation sites (N-methyl/N-ethyl adjacent to an activating group) is 1. The lowest BCUT2D eigenvalue weighted by atomic mass is 10.1. The van der Waals surface area contributed by atoms with E-state index in [2.05, 4.69) is 5.32 Å². The molecule has 1 aromatic rings. The number of carbonyl (C=O) groups excluding carboxylic acids is 1. The highest BCUT2D eigenvalue weighted by molar-refractivity contribution is 5.78. The fourth-order valence-corrected chi connectivity index (χ4v) is 2.53. The van der Waals surface area contributed by atoms with E-state index >= 15 is 0 Å². The number of hydrogen-bond donors (Lipinski definition) is 1. The lowest BCUT2D eigenvalue weighted by Crippen LogP contribution is -2.49. The summed E-state index contributed by atoms with van der Waals surface area (Å²) in [6.07, 6.45) is -4.38. The van der Waals surface area contributed by atoms with Gasteiger partial charge in [-0.05, 0) is 18.7 Å². The van der Waals surface area contributed by atoms with Crippen LogP contribution in [-0.4, -0.2) is 55.5 Å². The maximum absolute atomic E-state index is 13.0. The molecule has 0 atom stereocenters. The van der Waals surface area contributed by atoms with Crippen molar-refractivity contribution in [1.29, 1.82) is 0 Å². The van der Waals surface area contributed by atoms with E-state index in [-0.39, 0.29) is 24.6 Å². The number of hydrogen-bond acceptors (Lipinski definition) is 3. The Morgan fingerprint density at radius 1 is 1.27 bits per heavy atom. The number of halogens is 3. The normalized spacial score (nSPS) is 16.1. The lowest BCUT2D eigenvalue weighted by Gasteiger charge is -2.29. The van der Waals surface area contributed by atoms with E-state index in [9.17, 15) is 18.0 Å². The van der Waals surface area contributed by atoms with Gasteiger partial charge in [-0.25, -0.2) is 0 Å². The summed E-state index contributed by atoms with van der Waals surface area (Å²) >= 11 is 0. The molecule has 0 saturated carbocycles. The molecule has 1 N–H and O–H groups in total. The van der Waals surface area contributed by atoms with Crippen molar-refractivity contribution >= 4 is 5.91 Å². The van der Waals surface area contributed by atoms with E-state index in [1.807, 2.05) is 0 Å². The number of benzene rings is 1. The van der Waals surface area contributed by atoms with Crippen LogP contribution < -0.4 is 5.32 Å². The summed E-state index contributed by atoms with van der Waals surface area (Å²) in [5.74, 6) is -0.0477. The van der Waals surface area contributed by atoms with Gasteiger partial charge < -0.3 is 10.2 Å². The van der Waals surface area contributed by atoms with Crippen LogP contribution in [0.25, 0.3) is 0 Å². The van der Waals surface area contributed by atoms with Crippen molar-refractivity contribution in [3.63, 3.8) is 0 Å². The minimum atomic E-state index is -4.38. The summed E-state index contributed by atoms with van der Waals surface area (Å²) in [4.78, 5) is 15.5. The van der Waals surface area contributed by atoms with Crippen LogP contribution in [0.3, 0.4) is 0 Å². The summed E-state index contributed by atoms with van der Waals surface area (Å²) in [7, 11) is 1.66. The maximum atomic E-state index is 13.0. The Balaban J connectivity index is 1.97. The second-order valence-corrected chi connectivity index (χ2v) is 5.46. The van der Waals surface area contributed by atoms with Gasteiger partial charge in [0.15, 0.2) is 0 Å². The molecule has 1 aliphatic heterocycles. The maximum Gasteiger partial charge on any atom is 0.416 e. The molecule has 4 nitrogen and oxygen atoms in total. The largest absolute Gasteiger partial charge is 0.416 e. The van der Waals surface area contributed by atoms with Crippen LogP contribution in [0, 0.1) is 0 Å². The van der Waals surface area contributed by atoms with Crippen molar-refractivity contribution < 1.29 is 18.0 Å². The van der Waals surface area contributed by atoms with Crippen LogP contribution in [0.2, 0.25) is 0 Å². The van der Waals surface area contributed by atoms with E-state index in [1.54, 1.807) is 22.9 Å². The first-order chi connectivity index (χ1) is 10.4. The van der Waals surface area contributed by atoms with E-state index in [0.717, 1.165) is 19.2 Å². The van der Waals surface area contributed by atoms with Gasteiger partial charge >= 0.3 is 6.18 Å². The molecular formula is C15H20F3N3O. The monoisotopic (exact) mass is 315 g/mol. The molecule has 1 heterocycles. The summed E-state index contributed by atoms with van der Waals surface area (Å²) in [5.41, 5.74) is -0.456. The van der Waals surface area contributed by atoms with Gasteiger partial charge in [0.05, 0.1) is 12.1 Å². The third kappa shape index (κ3) is 4.45. The Hall–Kier alpha value is -1.60. The SMILES string of the molecule is CN(CC(=O)N1CCNCC1)Cc1ccccc1C(F)(F)F. The van der Waals surface area contributed by atoms with Crippen LogP contribution in [0.1, 0.15) is 11.1 Å². The number of rotatable bonds is 4. The van der Waals surface area contributed by atoms with Crippen LogP contribution in [-0.2, 0) is 17.5 Å². The molecule has 0 unspecified atom stereocenters. The highest BCUT2D eigenvalue weighted by Gasteiger charge is 2.33. The van der Waals surface area contributed by atoms with Gasteiger partial charge in [-0.3, -0.25) is 9.69 Å². The molecular weight excluding hydrogens is 295 g/mol. The smallest absolute Gasteiger partial charge is 0.339 e. The zero-order valence-electron chi connectivity index (χ0n) is 12.5. The summed E-state index contributed by atoms with van der Waals surface area (Å²) < 4.78 is 38.9. The van der Waals surface area contributed by atoms with Gasteiger partial charge in [0.25, 0.3) is 0 Å². The molecule has 1 aliphatic rings. The highest BCUT2D eigenvalue weighted by Crippen LogP contribution is 2.32. The van der Waals surface area contributed by atoms with Crippen LogP contribution in [0.5, 0.6) is 0 Å². The Morgan fingerprint density at radius 2 is 1.91 bits per heavy atom. The minimum absolute atomic E-state index is 0.0477.